The van der Waals surface area contributed by atoms with E-state index in [1.807, 2.05) is 36.1 Å². The van der Waals surface area contributed by atoms with Crippen LogP contribution < -0.4 is 30.4 Å². The molecule has 2 aliphatic heterocycles. The van der Waals surface area contributed by atoms with Crippen molar-refractivity contribution < 1.29 is 23.5 Å². The second-order valence-corrected chi connectivity index (χ2v) is 10.1. The minimum Gasteiger partial charge on any atom is -0.497 e. The molecule has 0 aliphatic carbocycles. The third-order valence-corrected chi connectivity index (χ3v) is 7.62. The highest BCUT2D eigenvalue weighted by Gasteiger charge is 2.44. The minimum absolute atomic E-state index is 0.0986. The van der Waals surface area contributed by atoms with Crippen molar-refractivity contribution in [3.8, 4) is 11.5 Å². The number of hydrogen-bond donors (Lipinski definition) is 2. The first-order valence-electron chi connectivity index (χ1n) is 13.2. The van der Waals surface area contributed by atoms with Gasteiger partial charge in [-0.25, -0.2) is 0 Å². The largest absolute Gasteiger partial charge is 0.497 e. The molecule has 2 aliphatic rings. The summed E-state index contributed by atoms with van der Waals surface area (Å²) in [6.07, 6.45) is 0.891. The van der Waals surface area contributed by atoms with Gasteiger partial charge in [0.15, 0.2) is 11.2 Å². The fourth-order valence-corrected chi connectivity index (χ4v) is 5.41. The molecule has 2 aromatic carbocycles. The molecule has 0 saturated carbocycles. The normalized spacial score (nSPS) is 17.1. The molecule has 5 rings (SSSR count). The van der Waals surface area contributed by atoms with Crippen molar-refractivity contribution in [1.29, 1.82) is 0 Å². The van der Waals surface area contributed by atoms with E-state index in [0.29, 0.717) is 74.6 Å². The predicted octanol–water partition coefficient (Wildman–Crippen LogP) is 2.32. The molecule has 3 aromatic rings. The van der Waals surface area contributed by atoms with E-state index in [1.165, 1.54) is 6.07 Å². The minimum atomic E-state index is -1.08. The molecular weight excluding hydrogens is 500 g/mol. The topological polar surface area (TPSA) is 113 Å². The summed E-state index contributed by atoms with van der Waals surface area (Å²) in [7, 11) is 3.24. The van der Waals surface area contributed by atoms with Gasteiger partial charge < -0.3 is 34.3 Å². The Hall–Kier alpha value is -4.05. The first kappa shape index (κ1) is 26.6. The van der Waals surface area contributed by atoms with E-state index in [2.05, 4.69) is 15.5 Å². The zero-order valence-corrected chi connectivity index (χ0v) is 22.5. The molecule has 206 valence electrons. The SMILES string of the molecule is COc1ccc(N2CCN(C(=O)C3(NC(=O)c4cc(=O)c5cc(C)ccc5o4)CCNCC3)CC2)c(OC)c1. The van der Waals surface area contributed by atoms with Gasteiger partial charge in [-0.3, -0.25) is 14.4 Å². The van der Waals surface area contributed by atoms with E-state index in [9.17, 15) is 14.4 Å². The molecule has 2 N–H and O–H groups in total. The monoisotopic (exact) mass is 534 g/mol. The van der Waals surface area contributed by atoms with Crippen LogP contribution in [0.25, 0.3) is 11.0 Å². The summed E-state index contributed by atoms with van der Waals surface area (Å²) in [5.74, 6) is 0.649. The van der Waals surface area contributed by atoms with Crippen LogP contribution in [-0.2, 0) is 4.79 Å². The van der Waals surface area contributed by atoms with Crippen LogP contribution in [-0.4, -0.2) is 75.7 Å². The molecule has 0 atom stereocenters. The number of ether oxygens (including phenoxy) is 2. The Balaban J connectivity index is 1.33. The lowest BCUT2D eigenvalue weighted by Crippen LogP contribution is -2.65. The van der Waals surface area contributed by atoms with Crippen molar-refractivity contribution in [1.82, 2.24) is 15.5 Å². The summed E-state index contributed by atoms with van der Waals surface area (Å²) in [4.78, 5) is 44.0. The van der Waals surface area contributed by atoms with Gasteiger partial charge in [-0.15, -0.1) is 0 Å². The van der Waals surface area contributed by atoms with Gasteiger partial charge in [0.05, 0.1) is 25.3 Å². The number of nitrogens with one attached hydrogen (secondary N) is 2. The van der Waals surface area contributed by atoms with Crippen LogP contribution >= 0.6 is 0 Å². The number of piperidine rings is 1. The number of hydrogen-bond acceptors (Lipinski definition) is 8. The fraction of sp³-hybridized carbons (Fsp3) is 0.414. The third-order valence-electron chi connectivity index (χ3n) is 7.62. The molecule has 0 unspecified atom stereocenters. The van der Waals surface area contributed by atoms with Crippen molar-refractivity contribution in [3.05, 3.63) is 64.0 Å². The smallest absolute Gasteiger partial charge is 0.288 e. The lowest BCUT2D eigenvalue weighted by Gasteiger charge is -2.43. The molecule has 0 radical (unpaired) electrons. The maximum Gasteiger partial charge on any atom is 0.288 e. The van der Waals surface area contributed by atoms with Gasteiger partial charge in [0.1, 0.15) is 22.6 Å². The summed E-state index contributed by atoms with van der Waals surface area (Å²) < 4.78 is 16.7. The van der Waals surface area contributed by atoms with Gasteiger partial charge in [0, 0.05) is 38.3 Å². The number of carbonyl (C=O) groups is 2. The second kappa shape index (κ2) is 11.0. The summed E-state index contributed by atoms with van der Waals surface area (Å²) >= 11 is 0. The highest BCUT2D eigenvalue weighted by molar-refractivity contribution is 5.98. The Bertz CT molecular complexity index is 1440. The molecule has 1 aromatic heterocycles. The maximum absolute atomic E-state index is 13.9. The van der Waals surface area contributed by atoms with Crippen molar-refractivity contribution >= 4 is 28.5 Å². The van der Waals surface area contributed by atoms with E-state index in [1.54, 1.807) is 26.4 Å². The number of aryl methyl sites for hydroxylation is 1. The Morgan fingerprint density at radius 3 is 2.41 bits per heavy atom. The van der Waals surface area contributed by atoms with Crippen LogP contribution in [0.3, 0.4) is 0 Å². The van der Waals surface area contributed by atoms with E-state index >= 15 is 0 Å². The third kappa shape index (κ3) is 5.29. The van der Waals surface area contributed by atoms with Crippen molar-refractivity contribution in [2.45, 2.75) is 25.3 Å². The van der Waals surface area contributed by atoms with Gasteiger partial charge in [-0.05, 0) is 57.1 Å². The molecular formula is C29H34N4O6. The average molecular weight is 535 g/mol. The van der Waals surface area contributed by atoms with Gasteiger partial charge in [-0.2, -0.15) is 0 Å². The summed E-state index contributed by atoms with van der Waals surface area (Å²) in [5, 5.41) is 6.67. The number of carbonyl (C=O) groups excluding carboxylic acids is 2. The molecule has 2 saturated heterocycles. The first-order valence-corrected chi connectivity index (χ1v) is 13.2. The number of amides is 2. The standard InChI is InChI=1S/C29H34N4O6/c1-19-4-7-24-21(16-19)23(34)18-26(39-24)27(35)31-29(8-10-30-11-9-29)28(36)33-14-12-32(13-15-33)22-6-5-20(37-2)17-25(22)38-3/h4-7,16-18,30H,8-15H2,1-3H3,(H,31,35). The Kier molecular flexibility index (Phi) is 7.47. The van der Waals surface area contributed by atoms with Crippen molar-refractivity contribution in [3.63, 3.8) is 0 Å². The zero-order valence-electron chi connectivity index (χ0n) is 22.5. The molecule has 39 heavy (non-hydrogen) atoms. The molecule has 2 amide bonds. The number of nitrogens with zero attached hydrogens (tertiary/aromatic N) is 2. The highest BCUT2D eigenvalue weighted by Crippen LogP contribution is 2.33. The molecule has 0 spiro atoms. The second-order valence-electron chi connectivity index (χ2n) is 10.1. The number of benzene rings is 2. The van der Waals surface area contributed by atoms with E-state index < -0.39 is 11.4 Å². The Morgan fingerprint density at radius 1 is 0.974 bits per heavy atom. The van der Waals surface area contributed by atoms with E-state index in [-0.39, 0.29) is 17.1 Å². The van der Waals surface area contributed by atoms with Crippen LogP contribution in [0.1, 0.15) is 29.0 Å². The summed E-state index contributed by atoms with van der Waals surface area (Å²) in [6.45, 7) is 5.32. The number of anilines is 1. The quantitative estimate of drug-likeness (QED) is 0.496. The van der Waals surface area contributed by atoms with E-state index in [0.717, 1.165) is 11.3 Å². The lowest BCUT2D eigenvalue weighted by molar-refractivity contribution is -0.139. The van der Waals surface area contributed by atoms with Gasteiger partial charge >= 0.3 is 0 Å². The van der Waals surface area contributed by atoms with Gasteiger partial charge in [-0.1, -0.05) is 11.6 Å². The van der Waals surface area contributed by atoms with Crippen LogP contribution in [0, 0.1) is 6.92 Å². The number of rotatable bonds is 6. The Morgan fingerprint density at radius 2 is 1.72 bits per heavy atom. The molecule has 10 heteroatoms. The predicted molar refractivity (Wildman–Crippen MR) is 148 cm³/mol. The fourth-order valence-electron chi connectivity index (χ4n) is 5.41. The van der Waals surface area contributed by atoms with Crippen molar-refractivity contribution in [2.75, 3.05) is 58.4 Å². The first-order chi connectivity index (χ1) is 18.8. The van der Waals surface area contributed by atoms with Crippen molar-refractivity contribution in [2.24, 2.45) is 0 Å². The van der Waals surface area contributed by atoms with Gasteiger partial charge in [0.25, 0.3) is 5.91 Å². The van der Waals surface area contributed by atoms with Crippen LogP contribution in [0.15, 0.2) is 51.7 Å². The van der Waals surface area contributed by atoms with Crippen LogP contribution in [0.2, 0.25) is 0 Å². The lowest BCUT2D eigenvalue weighted by atomic mass is 9.86. The number of methoxy groups -OCH3 is 2. The van der Waals surface area contributed by atoms with Gasteiger partial charge in [0.2, 0.25) is 5.91 Å². The van der Waals surface area contributed by atoms with Crippen LogP contribution in [0.5, 0.6) is 11.5 Å². The average Bonchev–Trinajstić information content (AvgIpc) is 2.97. The van der Waals surface area contributed by atoms with Crippen LogP contribution in [0.4, 0.5) is 5.69 Å². The highest BCUT2D eigenvalue weighted by atomic mass is 16.5. The maximum atomic E-state index is 13.9. The molecule has 10 nitrogen and oxygen atoms in total. The summed E-state index contributed by atoms with van der Waals surface area (Å²) in [6, 6.07) is 12.2. The molecule has 3 heterocycles. The van der Waals surface area contributed by atoms with E-state index in [4.69, 9.17) is 13.9 Å². The molecule has 2 fully saturated rings. The Labute approximate surface area is 226 Å². The number of fused-ring (bicyclic) bond motifs is 1. The molecule has 0 bridgehead atoms. The number of piperazine rings is 1. The summed E-state index contributed by atoms with van der Waals surface area (Å²) in [5.41, 5.74) is 0.840. The zero-order chi connectivity index (χ0) is 27.6.